The van der Waals surface area contributed by atoms with Crippen molar-refractivity contribution in [1.82, 2.24) is 10.2 Å². The summed E-state index contributed by atoms with van der Waals surface area (Å²) in [6.45, 7) is 9.76. The molecule has 0 aromatic carbocycles. The maximum Gasteiger partial charge on any atom is 0.0594 e. The highest BCUT2D eigenvalue weighted by atomic mass is 16.5. The van der Waals surface area contributed by atoms with Gasteiger partial charge in [0, 0.05) is 25.2 Å². The van der Waals surface area contributed by atoms with E-state index in [1.54, 1.807) is 0 Å². The number of nitrogens with zero attached hydrogens (tertiary/aromatic N) is 1. The molecule has 2 fully saturated rings. The first-order valence-corrected chi connectivity index (χ1v) is 7.90. The number of nitrogens with one attached hydrogen (secondary N) is 1. The number of morpholine rings is 1. The molecular formula is C15H30N2O. The first-order valence-electron chi connectivity index (χ1n) is 7.90. The van der Waals surface area contributed by atoms with Crippen LogP contribution < -0.4 is 5.32 Å². The third-order valence-corrected chi connectivity index (χ3v) is 4.60. The highest BCUT2D eigenvalue weighted by molar-refractivity contribution is 4.91. The normalized spacial score (nSPS) is 34.7. The van der Waals surface area contributed by atoms with Crippen molar-refractivity contribution in [2.75, 3.05) is 32.8 Å². The number of likely N-dealkylation sites (N-methyl/N-ethyl adjacent to an activating group) is 1. The fraction of sp³-hybridized carbons (Fsp3) is 1.00. The Labute approximate surface area is 112 Å². The van der Waals surface area contributed by atoms with E-state index in [0.717, 1.165) is 44.8 Å². The molecule has 0 amide bonds. The Hall–Kier alpha value is -0.120. The Morgan fingerprint density at radius 3 is 2.61 bits per heavy atom. The highest BCUT2D eigenvalue weighted by Gasteiger charge is 2.34. The van der Waals surface area contributed by atoms with E-state index in [1.807, 2.05) is 0 Å². The van der Waals surface area contributed by atoms with E-state index in [4.69, 9.17) is 4.74 Å². The van der Waals surface area contributed by atoms with Crippen molar-refractivity contribution in [3.8, 4) is 0 Å². The van der Waals surface area contributed by atoms with Crippen LogP contribution in [0.25, 0.3) is 0 Å². The standard InChI is InChI=1S/C15H30N2O/c1-3-5-13-6-7-14(16-4-2)15(12-13)17-8-10-18-11-9-17/h13-16H,3-12H2,1-2H3. The second-order valence-corrected chi connectivity index (χ2v) is 5.85. The maximum absolute atomic E-state index is 5.50. The van der Waals surface area contributed by atoms with Crippen molar-refractivity contribution in [3.63, 3.8) is 0 Å². The molecule has 3 atom stereocenters. The fourth-order valence-electron chi connectivity index (χ4n) is 3.71. The zero-order valence-corrected chi connectivity index (χ0v) is 12.2. The van der Waals surface area contributed by atoms with Crippen LogP contribution in [-0.2, 0) is 4.74 Å². The van der Waals surface area contributed by atoms with Gasteiger partial charge in [-0.3, -0.25) is 4.90 Å². The molecule has 0 aromatic heterocycles. The van der Waals surface area contributed by atoms with Gasteiger partial charge in [-0.25, -0.2) is 0 Å². The monoisotopic (exact) mass is 254 g/mol. The third-order valence-electron chi connectivity index (χ3n) is 4.60. The summed E-state index contributed by atoms with van der Waals surface area (Å²) in [6.07, 6.45) is 6.93. The molecule has 3 nitrogen and oxygen atoms in total. The van der Waals surface area contributed by atoms with Gasteiger partial charge in [0.05, 0.1) is 13.2 Å². The zero-order valence-electron chi connectivity index (χ0n) is 12.2. The molecule has 1 saturated heterocycles. The first kappa shape index (κ1) is 14.3. The van der Waals surface area contributed by atoms with E-state index in [2.05, 4.69) is 24.1 Å². The van der Waals surface area contributed by atoms with E-state index >= 15 is 0 Å². The molecule has 0 spiro atoms. The van der Waals surface area contributed by atoms with Gasteiger partial charge in [0.25, 0.3) is 0 Å². The lowest BCUT2D eigenvalue weighted by molar-refractivity contribution is -0.00737. The molecule has 1 aliphatic carbocycles. The lowest BCUT2D eigenvalue weighted by Gasteiger charge is -2.44. The van der Waals surface area contributed by atoms with Crippen LogP contribution in [0.15, 0.2) is 0 Å². The molecule has 0 bridgehead atoms. The van der Waals surface area contributed by atoms with E-state index < -0.39 is 0 Å². The predicted molar refractivity (Wildman–Crippen MR) is 75.9 cm³/mol. The molecular weight excluding hydrogens is 224 g/mol. The van der Waals surface area contributed by atoms with Gasteiger partial charge in [-0.15, -0.1) is 0 Å². The Morgan fingerprint density at radius 2 is 1.94 bits per heavy atom. The molecule has 0 radical (unpaired) electrons. The van der Waals surface area contributed by atoms with Gasteiger partial charge in [0.2, 0.25) is 0 Å². The second kappa shape index (κ2) is 7.46. The largest absolute Gasteiger partial charge is 0.379 e. The third kappa shape index (κ3) is 3.69. The lowest BCUT2D eigenvalue weighted by atomic mass is 9.79. The first-order chi connectivity index (χ1) is 8.85. The summed E-state index contributed by atoms with van der Waals surface area (Å²) in [5.41, 5.74) is 0. The van der Waals surface area contributed by atoms with Gasteiger partial charge in [0.15, 0.2) is 0 Å². The van der Waals surface area contributed by atoms with Crippen LogP contribution in [0.2, 0.25) is 0 Å². The van der Waals surface area contributed by atoms with Crippen molar-refractivity contribution in [3.05, 3.63) is 0 Å². The Balaban J connectivity index is 1.94. The van der Waals surface area contributed by atoms with Crippen molar-refractivity contribution < 1.29 is 4.74 Å². The number of hydrogen-bond acceptors (Lipinski definition) is 3. The molecule has 1 heterocycles. The molecule has 3 unspecified atom stereocenters. The topological polar surface area (TPSA) is 24.5 Å². The van der Waals surface area contributed by atoms with Crippen LogP contribution in [0.4, 0.5) is 0 Å². The summed E-state index contributed by atoms with van der Waals surface area (Å²) in [4.78, 5) is 2.68. The molecule has 0 aromatic rings. The summed E-state index contributed by atoms with van der Waals surface area (Å²) in [7, 11) is 0. The van der Waals surface area contributed by atoms with Crippen LogP contribution in [0.1, 0.15) is 46.0 Å². The Morgan fingerprint density at radius 1 is 1.17 bits per heavy atom. The number of ether oxygens (including phenoxy) is 1. The quantitative estimate of drug-likeness (QED) is 0.814. The molecule has 3 heteroatoms. The van der Waals surface area contributed by atoms with Crippen LogP contribution in [0.3, 0.4) is 0 Å². The predicted octanol–water partition coefficient (Wildman–Crippen LogP) is 2.27. The minimum absolute atomic E-state index is 0.709. The van der Waals surface area contributed by atoms with Crippen molar-refractivity contribution in [1.29, 1.82) is 0 Å². The van der Waals surface area contributed by atoms with E-state index in [0.29, 0.717) is 6.04 Å². The van der Waals surface area contributed by atoms with Gasteiger partial charge in [-0.2, -0.15) is 0 Å². The summed E-state index contributed by atoms with van der Waals surface area (Å²) >= 11 is 0. The summed E-state index contributed by atoms with van der Waals surface area (Å²) in [6, 6.07) is 1.46. The average molecular weight is 254 g/mol. The maximum atomic E-state index is 5.50. The van der Waals surface area contributed by atoms with Crippen LogP contribution >= 0.6 is 0 Å². The summed E-state index contributed by atoms with van der Waals surface area (Å²) < 4.78 is 5.50. The highest BCUT2D eigenvalue weighted by Crippen LogP contribution is 2.31. The van der Waals surface area contributed by atoms with Gasteiger partial charge < -0.3 is 10.1 Å². The van der Waals surface area contributed by atoms with Gasteiger partial charge in [-0.05, 0) is 31.7 Å². The van der Waals surface area contributed by atoms with Crippen LogP contribution in [-0.4, -0.2) is 49.8 Å². The second-order valence-electron chi connectivity index (χ2n) is 5.85. The van der Waals surface area contributed by atoms with Crippen molar-refractivity contribution in [2.45, 2.75) is 58.0 Å². The van der Waals surface area contributed by atoms with Gasteiger partial charge in [0.1, 0.15) is 0 Å². The number of rotatable bonds is 5. The molecule has 1 aliphatic heterocycles. The molecule has 2 aliphatic rings. The average Bonchev–Trinajstić information content (AvgIpc) is 2.42. The molecule has 106 valence electrons. The molecule has 1 N–H and O–H groups in total. The van der Waals surface area contributed by atoms with E-state index in [1.165, 1.54) is 32.1 Å². The zero-order chi connectivity index (χ0) is 12.8. The molecule has 1 saturated carbocycles. The minimum Gasteiger partial charge on any atom is -0.379 e. The molecule has 2 rings (SSSR count). The minimum atomic E-state index is 0.709. The SMILES string of the molecule is CCCC1CCC(NCC)C(N2CCOCC2)C1. The Bertz CT molecular complexity index is 224. The van der Waals surface area contributed by atoms with Gasteiger partial charge in [-0.1, -0.05) is 26.7 Å². The van der Waals surface area contributed by atoms with E-state index in [-0.39, 0.29) is 0 Å². The number of hydrogen-bond donors (Lipinski definition) is 1. The molecule has 18 heavy (non-hydrogen) atoms. The summed E-state index contributed by atoms with van der Waals surface area (Å²) in [5, 5.41) is 3.71. The summed E-state index contributed by atoms with van der Waals surface area (Å²) in [5.74, 6) is 0.956. The van der Waals surface area contributed by atoms with E-state index in [9.17, 15) is 0 Å². The van der Waals surface area contributed by atoms with Crippen LogP contribution in [0, 0.1) is 5.92 Å². The fourth-order valence-corrected chi connectivity index (χ4v) is 3.71. The Kier molecular flexibility index (Phi) is 5.93. The van der Waals surface area contributed by atoms with Crippen LogP contribution in [0.5, 0.6) is 0 Å². The van der Waals surface area contributed by atoms with Crippen molar-refractivity contribution in [2.24, 2.45) is 5.92 Å². The smallest absolute Gasteiger partial charge is 0.0594 e. The van der Waals surface area contributed by atoms with Crippen molar-refractivity contribution >= 4 is 0 Å². The van der Waals surface area contributed by atoms with Gasteiger partial charge >= 0.3 is 0 Å². The lowest BCUT2D eigenvalue weighted by Crippen LogP contribution is -2.56.